The number of rotatable bonds is 3. The van der Waals surface area contributed by atoms with Gasteiger partial charge >= 0.3 is 0 Å². The first-order valence-corrected chi connectivity index (χ1v) is 7.22. The van der Waals surface area contributed by atoms with E-state index >= 15 is 0 Å². The van der Waals surface area contributed by atoms with Gasteiger partial charge in [-0.25, -0.2) is 14.4 Å². The molecular formula is C17H22FN3. The van der Waals surface area contributed by atoms with E-state index in [2.05, 4.69) is 31.1 Å². The molecule has 0 atom stereocenters. The fraction of sp³-hybridized carbons (Fsp3) is 0.412. The lowest BCUT2D eigenvalue weighted by Gasteiger charge is -2.21. The minimum Gasteiger partial charge on any atom is -0.370 e. The van der Waals surface area contributed by atoms with Crippen LogP contribution in [0.3, 0.4) is 0 Å². The predicted octanol–water partition coefficient (Wildman–Crippen LogP) is 4.32. The number of hydrogen-bond acceptors (Lipinski definition) is 3. The van der Waals surface area contributed by atoms with Crippen molar-refractivity contribution in [1.82, 2.24) is 9.97 Å². The first-order chi connectivity index (χ1) is 9.82. The molecule has 1 heterocycles. The molecule has 2 rings (SSSR count). The molecule has 3 nitrogen and oxygen atoms in total. The maximum Gasteiger partial charge on any atom is 0.136 e. The Balaban J connectivity index is 2.63. The van der Waals surface area contributed by atoms with Crippen LogP contribution in [0.25, 0.3) is 11.3 Å². The third-order valence-corrected chi connectivity index (χ3v) is 3.28. The van der Waals surface area contributed by atoms with Crippen molar-refractivity contribution in [2.24, 2.45) is 0 Å². The van der Waals surface area contributed by atoms with Crippen molar-refractivity contribution in [1.29, 1.82) is 0 Å². The molecule has 0 saturated heterocycles. The molecule has 0 aliphatic rings. The van der Waals surface area contributed by atoms with E-state index < -0.39 is 0 Å². The van der Waals surface area contributed by atoms with E-state index in [4.69, 9.17) is 4.98 Å². The monoisotopic (exact) mass is 287 g/mol. The van der Waals surface area contributed by atoms with Crippen molar-refractivity contribution in [3.8, 4) is 11.3 Å². The molecule has 1 aromatic carbocycles. The van der Waals surface area contributed by atoms with Crippen LogP contribution >= 0.6 is 0 Å². The molecule has 1 N–H and O–H groups in total. The minimum absolute atomic E-state index is 0.146. The highest BCUT2D eigenvalue weighted by Crippen LogP contribution is 2.29. The molecule has 0 amide bonds. The lowest BCUT2D eigenvalue weighted by Crippen LogP contribution is -2.19. The van der Waals surface area contributed by atoms with Gasteiger partial charge in [-0.2, -0.15) is 0 Å². The Labute approximate surface area is 125 Å². The Morgan fingerprint density at radius 1 is 1.10 bits per heavy atom. The van der Waals surface area contributed by atoms with Crippen molar-refractivity contribution in [2.45, 2.75) is 40.0 Å². The van der Waals surface area contributed by atoms with Crippen LogP contribution < -0.4 is 5.32 Å². The SMILES string of the molecule is CCNc1nc(C(C)(C)C)nc(-c2ccc(F)cc2)c1C. The summed E-state index contributed by atoms with van der Waals surface area (Å²) in [5.41, 5.74) is 2.59. The van der Waals surface area contributed by atoms with E-state index in [0.717, 1.165) is 35.0 Å². The number of hydrogen-bond donors (Lipinski definition) is 1. The molecule has 112 valence electrons. The molecule has 1 aromatic heterocycles. The Morgan fingerprint density at radius 2 is 1.71 bits per heavy atom. The van der Waals surface area contributed by atoms with Gasteiger partial charge in [-0.05, 0) is 38.1 Å². The van der Waals surface area contributed by atoms with E-state index in [9.17, 15) is 4.39 Å². The molecule has 2 aromatic rings. The maximum atomic E-state index is 13.1. The van der Waals surface area contributed by atoms with Crippen LogP contribution in [0.2, 0.25) is 0 Å². The summed E-state index contributed by atoms with van der Waals surface area (Å²) >= 11 is 0. The first-order valence-electron chi connectivity index (χ1n) is 7.22. The smallest absolute Gasteiger partial charge is 0.136 e. The number of halogens is 1. The maximum absolute atomic E-state index is 13.1. The van der Waals surface area contributed by atoms with Gasteiger partial charge in [0.2, 0.25) is 0 Å². The normalized spacial score (nSPS) is 11.5. The van der Waals surface area contributed by atoms with Gasteiger partial charge < -0.3 is 5.32 Å². The van der Waals surface area contributed by atoms with Crippen LogP contribution in [0, 0.1) is 12.7 Å². The van der Waals surface area contributed by atoms with E-state index in [1.54, 1.807) is 12.1 Å². The van der Waals surface area contributed by atoms with Crippen molar-refractivity contribution in [3.05, 3.63) is 41.5 Å². The Hall–Kier alpha value is -1.97. The lowest BCUT2D eigenvalue weighted by molar-refractivity contribution is 0.546. The summed E-state index contributed by atoms with van der Waals surface area (Å²) < 4.78 is 13.1. The number of aromatic nitrogens is 2. The minimum atomic E-state index is -0.242. The van der Waals surface area contributed by atoms with E-state index in [1.165, 1.54) is 12.1 Å². The summed E-state index contributed by atoms with van der Waals surface area (Å²) in [6.07, 6.45) is 0. The lowest BCUT2D eigenvalue weighted by atomic mass is 9.94. The second-order valence-corrected chi connectivity index (χ2v) is 6.16. The van der Waals surface area contributed by atoms with Crippen molar-refractivity contribution < 1.29 is 4.39 Å². The molecule has 0 aliphatic carbocycles. The largest absolute Gasteiger partial charge is 0.370 e. The molecule has 0 bridgehead atoms. The third kappa shape index (κ3) is 3.38. The first kappa shape index (κ1) is 15.4. The topological polar surface area (TPSA) is 37.8 Å². The van der Waals surface area contributed by atoms with Crippen LogP contribution in [-0.2, 0) is 5.41 Å². The van der Waals surface area contributed by atoms with Crippen LogP contribution in [0.1, 0.15) is 39.1 Å². The van der Waals surface area contributed by atoms with Gasteiger partial charge in [0.25, 0.3) is 0 Å². The molecule has 0 aliphatic heterocycles. The fourth-order valence-electron chi connectivity index (χ4n) is 2.08. The summed E-state index contributed by atoms with van der Waals surface area (Å²) in [6, 6.07) is 6.43. The standard InChI is InChI=1S/C17H22FN3/c1-6-19-15-11(2)14(12-7-9-13(18)10-8-12)20-16(21-15)17(3,4)5/h7-10H,6H2,1-5H3,(H,19,20,21). The van der Waals surface area contributed by atoms with Gasteiger partial charge in [0.05, 0.1) is 5.69 Å². The molecule has 0 saturated carbocycles. The van der Waals surface area contributed by atoms with Gasteiger partial charge in [0, 0.05) is 23.1 Å². The Bertz CT molecular complexity index is 628. The van der Waals surface area contributed by atoms with Crippen LogP contribution in [0.15, 0.2) is 24.3 Å². The van der Waals surface area contributed by atoms with Gasteiger partial charge in [-0.15, -0.1) is 0 Å². The van der Waals surface area contributed by atoms with E-state index in [-0.39, 0.29) is 11.2 Å². The zero-order chi connectivity index (χ0) is 15.6. The molecule has 21 heavy (non-hydrogen) atoms. The number of benzene rings is 1. The number of anilines is 1. The molecule has 0 radical (unpaired) electrons. The fourth-order valence-corrected chi connectivity index (χ4v) is 2.08. The summed E-state index contributed by atoms with van der Waals surface area (Å²) in [4.78, 5) is 9.35. The number of nitrogens with zero attached hydrogens (tertiary/aromatic N) is 2. The van der Waals surface area contributed by atoms with Crippen molar-refractivity contribution >= 4 is 5.82 Å². The number of nitrogens with one attached hydrogen (secondary N) is 1. The predicted molar refractivity (Wildman–Crippen MR) is 85.0 cm³/mol. The second kappa shape index (κ2) is 5.80. The summed E-state index contributed by atoms with van der Waals surface area (Å²) in [5, 5.41) is 3.28. The third-order valence-electron chi connectivity index (χ3n) is 3.28. The second-order valence-electron chi connectivity index (χ2n) is 6.16. The van der Waals surface area contributed by atoms with Gasteiger partial charge in [-0.1, -0.05) is 20.8 Å². The zero-order valence-electron chi connectivity index (χ0n) is 13.3. The molecule has 0 fully saturated rings. The highest BCUT2D eigenvalue weighted by molar-refractivity contribution is 5.68. The van der Waals surface area contributed by atoms with Crippen LogP contribution in [-0.4, -0.2) is 16.5 Å². The highest BCUT2D eigenvalue weighted by Gasteiger charge is 2.21. The van der Waals surface area contributed by atoms with Crippen molar-refractivity contribution in [2.75, 3.05) is 11.9 Å². The average Bonchev–Trinajstić information content (AvgIpc) is 2.41. The average molecular weight is 287 g/mol. The van der Waals surface area contributed by atoms with Crippen LogP contribution in [0.4, 0.5) is 10.2 Å². The summed E-state index contributed by atoms with van der Waals surface area (Å²) in [5.74, 6) is 1.38. The zero-order valence-corrected chi connectivity index (χ0v) is 13.3. The molecule has 4 heteroatoms. The highest BCUT2D eigenvalue weighted by atomic mass is 19.1. The van der Waals surface area contributed by atoms with Crippen LogP contribution in [0.5, 0.6) is 0 Å². The molecular weight excluding hydrogens is 265 g/mol. The van der Waals surface area contributed by atoms with Gasteiger partial charge in [-0.3, -0.25) is 0 Å². The quantitative estimate of drug-likeness (QED) is 0.913. The van der Waals surface area contributed by atoms with E-state index in [1.807, 2.05) is 13.8 Å². The van der Waals surface area contributed by atoms with E-state index in [0.29, 0.717) is 0 Å². The summed E-state index contributed by atoms with van der Waals surface area (Å²) in [6.45, 7) is 11.1. The van der Waals surface area contributed by atoms with Gasteiger partial charge in [0.15, 0.2) is 0 Å². The summed E-state index contributed by atoms with van der Waals surface area (Å²) in [7, 11) is 0. The Kier molecular flexibility index (Phi) is 4.26. The molecule has 0 unspecified atom stereocenters. The molecule has 0 spiro atoms. The Morgan fingerprint density at radius 3 is 2.24 bits per heavy atom. The van der Waals surface area contributed by atoms with Crippen molar-refractivity contribution in [3.63, 3.8) is 0 Å². The van der Waals surface area contributed by atoms with Gasteiger partial charge in [0.1, 0.15) is 17.5 Å².